The first-order valence-electron chi connectivity index (χ1n) is 10.9. The highest BCUT2D eigenvalue weighted by atomic mass is 16.5. The molecular formula is C27H32N2O2. The molecule has 1 atom stereocenters. The number of carbonyl (C=O) groups excluding carboxylic acids is 1. The summed E-state index contributed by atoms with van der Waals surface area (Å²) in [5, 5.41) is 10.2. The van der Waals surface area contributed by atoms with Crippen LogP contribution >= 0.6 is 0 Å². The van der Waals surface area contributed by atoms with E-state index in [4.69, 9.17) is 4.74 Å². The summed E-state index contributed by atoms with van der Waals surface area (Å²) in [6, 6.07) is 10.3. The minimum atomic E-state index is -0.460. The number of esters is 1. The number of nitriles is 1. The predicted molar refractivity (Wildman–Crippen MR) is 123 cm³/mol. The highest BCUT2D eigenvalue weighted by Crippen LogP contribution is 2.63. The van der Waals surface area contributed by atoms with E-state index in [1.54, 1.807) is 0 Å². The molecule has 4 heteroatoms. The molecule has 0 spiro atoms. The van der Waals surface area contributed by atoms with Crippen LogP contribution in [0.4, 0.5) is 0 Å². The van der Waals surface area contributed by atoms with Crippen molar-refractivity contribution in [3.8, 4) is 11.8 Å². The maximum atomic E-state index is 11.8. The van der Waals surface area contributed by atoms with Crippen molar-refractivity contribution in [3.63, 3.8) is 0 Å². The van der Waals surface area contributed by atoms with Crippen molar-refractivity contribution >= 4 is 11.5 Å². The van der Waals surface area contributed by atoms with Gasteiger partial charge in [-0.3, -0.25) is 0 Å². The van der Waals surface area contributed by atoms with Gasteiger partial charge in [-0.25, -0.2) is 4.79 Å². The summed E-state index contributed by atoms with van der Waals surface area (Å²) in [6.45, 7) is 15.6. The topological polar surface area (TPSA) is 55.0 Å². The lowest BCUT2D eigenvalue weighted by atomic mass is 9.58. The molecule has 4 nitrogen and oxygen atoms in total. The second-order valence-electron chi connectivity index (χ2n) is 10.7. The van der Waals surface area contributed by atoms with Crippen LogP contribution in [0, 0.1) is 36.0 Å². The van der Waals surface area contributed by atoms with Crippen LogP contribution in [-0.4, -0.2) is 17.6 Å². The summed E-state index contributed by atoms with van der Waals surface area (Å²) in [6.07, 6.45) is 1.87. The van der Waals surface area contributed by atoms with E-state index >= 15 is 0 Å². The minimum Gasteiger partial charge on any atom is -0.465 e. The summed E-state index contributed by atoms with van der Waals surface area (Å²) in [5.74, 6) is -0.328. The summed E-state index contributed by atoms with van der Waals surface area (Å²) < 4.78 is 7.13. The van der Waals surface area contributed by atoms with Crippen LogP contribution in [0.2, 0.25) is 0 Å². The number of aromatic nitrogens is 1. The van der Waals surface area contributed by atoms with Gasteiger partial charge < -0.3 is 9.30 Å². The molecule has 0 saturated carbocycles. The number of rotatable bonds is 2. The lowest BCUT2D eigenvalue weighted by molar-refractivity contribution is 0.0600. The Balaban J connectivity index is 1.94. The molecule has 0 fully saturated rings. The summed E-state index contributed by atoms with van der Waals surface area (Å²) in [7, 11) is 1.40. The first-order chi connectivity index (χ1) is 14.4. The molecule has 0 N–H and O–H groups in total. The van der Waals surface area contributed by atoms with E-state index in [-0.39, 0.29) is 16.8 Å². The van der Waals surface area contributed by atoms with Gasteiger partial charge in [0.25, 0.3) is 0 Å². The number of hydrogen-bond acceptors (Lipinski definition) is 3. The van der Waals surface area contributed by atoms with Crippen LogP contribution < -0.4 is 0 Å². The molecule has 0 saturated heterocycles. The van der Waals surface area contributed by atoms with Gasteiger partial charge in [0, 0.05) is 28.1 Å². The van der Waals surface area contributed by atoms with Crippen molar-refractivity contribution in [2.75, 3.05) is 7.11 Å². The molecule has 0 aliphatic heterocycles. The maximum Gasteiger partial charge on any atom is 0.337 e. The monoisotopic (exact) mass is 416 g/mol. The Labute approximate surface area is 185 Å². The van der Waals surface area contributed by atoms with Crippen LogP contribution in [0.25, 0.3) is 11.3 Å². The van der Waals surface area contributed by atoms with E-state index in [9.17, 15) is 10.1 Å². The van der Waals surface area contributed by atoms with Crippen molar-refractivity contribution in [1.29, 1.82) is 5.26 Å². The number of nitrogens with zero attached hydrogens (tertiary/aromatic N) is 2. The first kappa shape index (κ1) is 21.4. The van der Waals surface area contributed by atoms with Crippen LogP contribution in [0.3, 0.4) is 0 Å². The highest BCUT2D eigenvalue weighted by molar-refractivity contribution is 5.89. The fraction of sp³-hybridized carbons (Fsp3) is 0.481. The van der Waals surface area contributed by atoms with Gasteiger partial charge in [0.1, 0.15) is 0 Å². The molecule has 1 aromatic heterocycles. The van der Waals surface area contributed by atoms with Crippen LogP contribution in [0.5, 0.6) is 0 Å². The predicted octanol–water partition coefficient (Wildman–Crippen LogP) is 6.28. The van der Waals surface area contributed by atoms with Crippen molar-refractivity contribution in [1.82, 2.24) is 4.57 Å². The quantitative estimate of drug-likeness (QED) is 0.542. The Morgan fingerprint density at radius 2 is 1.68 bits per heavy atom. The van der Waals surface area contributed by atoms with Gasteiger partial charge in [-0.1, -0.05) is 27.7 Å². The zero-order valence-electron chi connectivity index (χ0n) is 19.9. The number of carbonyl (C=O) groups is 1. The van der Waals surface area contributed by atoms with Crippen molar-refractivity contribution in [2.24, 2.45) is 10.8 Å². The third-order valence-corrected chi connectivity index (χ3v) is 7.33. The van der Waals surface area contributed by atoms with Crippen LogP contribution in [-0.2, 0) is 10.2 Å². The van der Waals surface area contributed by atoms with E-state index in [1.165, 1.54) is 40.8 Å². The highest BCUT2D eigenvalue weighted by Gasteiger charge is 2.54. The molecule has 0 amide bonds. The van der Waals surface area contributed by atoms with Crippen molar-refractivity contribution in [3.05, 3.63) is 57.9 Å². The fourth-order valence-corrected chi connectivity index (χ4v) is 6.73. The lowest BCUT2D eigenvalue weighted by Gasteiger charge is -2.44. The van der Waals surface area contributed by atoms with Crippen molar-refractivity contribution < 1.29 is 9.53 Å². The molecule has 31 heavy (non-hydrogen) atoms. The largest absolute Gasteiger partial charge is 0.465 e. The molecular weight excluding hydrogens is 384 g/mol. The van der Waals surface area contributed by atoms with Crippen molar-refractivity contribution in [2.45, 2.75) is 66.7 Å². The standard InChI is InChI=1S/C27H32N2O2/c1-16-21-20-13-25(3,4)14-27(7,15-28)23(20)26(5,6)22(21)17(2)29(16)19-11-9-18(10-12-19)24(30)31-8/h9-12H,13-14H2,1-8H3. The van der Waals surface area contributed by atoms with E-state index < -0.39 is 5.41 Å². The Morgan fingerprint density at radius 3 is 2.23 bits per heavy atom. The third-order valence-electron chi connectivity index (χ3n) is 7.33. The third kappa shape index (κ3) is 2.90. The number of benzene rings is 1. The number of methoxy groups -OCH3 is 1. The van der Waals surface area contributed by atoms with Gasteiger partial charge in [-0.15, -0.1) is 0 Å². The van der Waals surface area contributed by atoms with E-state index in [2.05, 4.69) is 59.1 Å². The minimum absolute atomic E-state index is 0.0750. The van der Waals surface area contributed by atoms with E-state index in [1.807, 2.05) is 24.3 Å². The summed E-state index contributed by atoms with van der Waals surface area (Å²) >= 11 is 0. The Bertz CT molecular complexity index is 1170. The van der Waals surface area contributed by atoms with E-state index in [0.29, 0.717) is 5.56 Å². The molecule has 2 aliphatic carbocycles. The second kappa shape index (κ2) is 6.60. The molecule has 4 rings (SSSR count). The lowest BCUT2D eigenvalue weighted by Crippen LogP contribution is -2.37. The molecule has 0 radical (unpaired) electrons. The molecule has 1 aromatic carbocycles. The zero-order chi connectivity index (χ0) is 22.9. The van der Waals surface area contributed by atoms with Gasteiger partial charge in [0.05, 0.1) is 24.2 Å². The van der Waals surface area contributed by atoms with Gasteiger partial charge in [0.2, 0.25) is 0 Å². The number of hydrogen-bond donors (Lipinski definition) is 0. The maximum absolute atomic E-state index is 11.8. The molecule has 1 unspecified atom stereocenters. The average Bonchev–Trinajstić information content (AvgIpc) is 3.10. The molecule has 162 valence electrons. The van der Waals surface area contributed by atoms with Gasteiger partial charge in [-0.05, 0) is 80.0 Å². The molecule has 2 aliphatic rings. The number of ether oxygens (including phenoxy) is 1. The SMILES string of the molecule is COC(=O)c1ccc(-n2c(C)c3c(c2C)C(C)(C)C2=C3CC(C)(C)CC2(C)C#N)cc1. The molecule has 0 bridgehead atoms. The van der Waals surface area contributed by atoms with Gasteiger partial charge in [0.15, 0.2) is 0 Å². The van der Waals surface area contributed by atoms with Crippen LogP contribution in [0.15, 0.2) is 29.8 Å². The summed E-state index contributed by atoms with van der Waals surface area (Å²) in [4.78, 5) is 11.8. The smallest absolute Gasteiger partial charge is 0.337 e. The number of allylic oxidation sites excluding steroid dienone is 2. The Kier molecular flexibility index (Phi) is 4.56. The van der Waals surface area contributed by atoms with E-state index in [0.717, 1.165) is 18.5 Å². The second-order valence-corrected chi connectivity index (χ2v) is 10.7. The fourth-order valence-electron chi connectivity index (χ4n) is 6.73. The molecule has 2 aromatic rings. The normalized spacial score (nSPS) is 23.2. The first-order valence-corrected chi connectivity index (χ1v) is 10.9. The summed E-state index contributed by atoms with van der Waals surface area (Å²) in [5.41, 5.74) is 8.75. The van der Waals surface area contributed by atoms with Crippen LogP contribution in [0.1, 0.15) is 80.3 Å². The van der Waals surface area contributed by atoms with Gasteiger partial charge in [-0.2, -0.15) is 5.26 Å². The Morgan fingerprint density at radius 1 is 1.06 bits per heavy atom. The van der Waals surface area contributed by atoms with Gasteiger partial charge >= 0.3 is 5.97 Å². The number of fused-ring (bicyclic) bond motifs is 2. The Hall–Kier alpha value is -2.80. The molecule has 1 heterocycles. The zero-order valence-corrected chi connectivity index (χ0v) is 19.9. The average molecular weight is 417 g/mol.